The minimum Gasteiger partial charge on any atom is -0.374 e. The van der Waals surface area contributed by atoms with Gasteiger partial charge >= 0.3 is 0 Å². The van der Waals surface area contributed by atoms with Crippen molar-refractivity contribution in [3.63, 3.8) is 0 Å². The average Bonchev–Trinajstić information content (AvgIpc) is 2.94. The van der Waals surface area contributed by atoms with Gasteiger partial charge in [-0.1, -0.05) is 96.1 Å². The van der Waals surface area contributed by atoms with E-state index in [1.165, 1.54) is 6.92 Å². The van der Waals surface area contributed by atoms with Gasteiger partial charge in [-0.05, 0) is 29.1 Å². The molecule has 1 saturated heterocycles. The summed E-state index contributed by atoms with van der Waals surface area (Å²) in [7, 11) is 0. The molecule has 3 aromatic carbocycles. The van der Waals surface area contributed by atoms with Crippen LogP contribution in [-0.4, -0.2) is 36.9 Å². The lowest BCUT2D eigenvalue weighted by molar-refractivity contribution is -0.244. The number of ether oxygens (including phenoxy) is 4. The van der Waals surface area contributed by atoms with Crippen LogP contribution in [0.3, 0.4) is 0 Å². The van der Waals surface area contributed by atoms with Crippen molar-refractivity contribution >= 4 is 5.78 Å². The molecule has 198 valence electrons. The number of hydrogen-bond donors (Lipinski definition) is 0. The molecule has 0 aromatic heterocycles. The van der Waals surface area contributed by atoms with Gasteiger partial charge in [0, 0.05) is 17.3 Å². The Morgan fingerprint density at radius 2 is 1.32 bits per heavy atom. The molecule has 0 unspecified atom stereocenters. The van der Waals surface area contributed by atoms with Crippen molar-refractivity contribution in [3.8, 4) is 0 Å². The molecule has 8 heteroatoms. The third-order valence-electron chi connectivity index (χ3n) is 6.45. The van der Waals surface area contributed by atoms with Gasteiger partial charge in [0.05, 0.1) is 32.5 Å². The van der Waals surface area contributed by atoms with E-state index in [0.717, 1.165) is 16.7 Å². The number of carbonyl (C=O) groups is 1. The van der Waals surface area contributed by atoms with Crippen LogP contribution in [0.2, 0.25) is 0 Å². The second-order valence-electron chi connectivity index (χ2n) is 9.36. The van der Waals surface area contributed by atoms with Gasteiger partial charge in [0.25, 0.3) is 0 Å². The molecular weight excluding hydrogens is 482 g/mol. The predicted octanol–water partition coefficient (Wildman–Crippen LogP) is 6.00. The second-order valence-corrected chi connectivity index (χ2v) is 9.36. The SMILES string of the molecule is CC(=O)C[C@@H]1[C@@H](OCc2ccccc2)[C@H](OCc2ccccc2)[C@@H](COCc2ccccc2)O[C@H]1N=[N+]=[N-]. The zero-order valence-corrected chi connectivity index (χ0v) is 21.5. The van der Waals surface area contributed by atoms with Crippen molar-refractivity contribution in [1.29, 1.82) is 0 Å². The Morgan fingerprint density at radius 1 is 0.816 bits per heavy atom. The van der Waals surface area contributed by atoms with Crippen LogP contribution in [0.25, 0.3) is 10.4 Å². The Kier molecular flexibility index (Phi) is 10.4. The Hall–Kier alpha value is -3.52. The Labute approximate surface area is 223 Å². The zero-order valence-electron chi connectivity index (χ0n) is 21.5. The van der Waals surface area contributed by atoms with Gasteiger partial charge in [-0.2, -0.15) is 0 Å². The third-order valence-corrected chi connectivity index (χ3v) is 6.45. The van der Waals surface area contributed by atoms with Crippen molar-refractivity contribution in [3.05, 3.63) is 118 Å². The Bertz CT molecular complexity index is 1170. The van der Waals surface area contributed by atoms with Crippen LogP contribution in [0.15, 0.2) is 96.1 Å². The molecule has 5 atom stereocenters. The highest BCUT2D eigenvalue weighted by Crippen LogP contribution is 2.35. The minimum absolute atomic E-state index is 0.0503. The third kappa shape index (κ3) is 7.99. The first-order valence-corrected chi connectivity index (χ1v) is 12.8. The monoisotopic (exact) mass is 515 g/mol. The van der Waals surface area contributed by atoms with Crippen LogP contribution in [-0.2, 0) is 43.6 Å². The molecule has 0 radical (unpaired) electrons. The van der Waals surface area contributed by atoms with Gasteiger partial charge in [-0.3, -0.25) is 0 Å². The molecule has 1 aliphatic rings. The summed E-state index contributed by atoms with van der Waals surface area (Å²) in [6.45, 7) is 2.74. The van der Waals surface area contributed by atoms with Crippen LogP contribution < -0.4 is 0 Å². The summed E-state index contributed by atoms with van der Waals surface area (Å²) in [6, 6.07) is 29.5. The molecule has 0 amide bonds. The van der Waals surface area contributed by atoms with Crippen LogP contribution in [0, 0.1) is 5.92 Å². The molecule has 0 bridgehead atoms. The zero-order chi connectivity index (χ0) is 26.6. The van der Waals surface area contributed by atoms with Crippen molar-refractivity contribution < 1.29 is 23.7 Å². The maximum atomic E-state index is 12.3. The highest BCUT2D eigenvalue weighted by Gasteiger charge is 2.47. The molecule has 3 aromatic rings. The fraction of sp³-hybridized carbons (Fsp3) is 0.367. The largest absolute Gasteiger partial charge is 0.374 e. The van der Waals surface area contributed by atoms with Crippen LogP contribution in [0.4, 0.5) is 0 Å². The standard InChI is InChI=1S/C30H33N3O5/c1-22(34)17-26-28(36-19-24-13-7-3-8-14-24)29(37-20-25-15-9-4-10-16-25)27(38-30(26)32-33-31)21-35-18-23-11-5-2-6-12-23/h2-16,26-30H,17-21H2,1H3/t26-,27-,28-,29-,30-/m1/s1. The van der Waals surface area contributed by atoms with Crippen molar-refractivity contribution in [2.45, 2.75) is 57.7 Å². The van der Waals surface area contributed by atoms with Gasteiger partial charge < -0.3 is 23.7 Å². The first kappa shape index (κ1) is 27.5. The normalized spacial score (nSPS) is 22.9. The molecular formula is C30H33N3O5. The number of Topliss-reactive ketones (excluding diaryl/α,β-unsaturated/α-hetero) is 1. The highest BCUT2D eigenvalue weighted by molar-refractivity contribution is 5.75. The molecule has 0 saturated carbocycles. The molecule has 4 rings (SSSR count). The summed E-state index contributed by atoms with van der Waals surface area (Å²) in [6.07, 6.45) is -2.48. The summed E-state index contributed by atoms with van der Waals surface area (Å²) < 4.78 is 25.2. The fourth-order valence-corrected chi connectivity index (χ4v) is 4.64. The van der Waals surface area contributed by atoms with E-state index >= 15 is 0 Å². The molecule has 8 nitrogen and oxygen atoms in total. The van der Waals surface area contributed by atoms with E-state index in [-0.39, 0.29) is 18.8 Å². The Morgan fingerprint density at radius 3 is 1.82 bits per heavy atom. The van der Waals surface area contributed by atoms with E-state index in [9.17, 15) is 10.3 Å². The van der Waals surface area contributed by atoms with Crippen molar-refractivity contribution in [2.75, 3.05) is 6.61 Å². The Balaban J connectivity index is 1.59. The maximum Gasteiger partial charge on any atom is 0.142 e. The van der Waals surface area contributed by atoms with Gasteiger partial charge in [0.2, 0.25) is 0 Å². The van der Waals surface area contributed by atoms with Crippen LogP contribution in [0.5, 0.6) is 0 Å². The smallest absolute Gasteiger partial charge is 0.142 e. The summed E-state index contributed by atoms with van der Waals surface area (Å²) in [5.41, 5.74) is 12.3. The van der Waals surface area contributed by atoms with Gasteiger partial charge in [0.15, 0.2) is 0 Å². The van der Waals surface area contributed by atoms with Gasteiger partial charge in [-0.25, -0.2) is 0 Å². The summed E-state index contributed by atoms with van der Waals surface area (Å²) in [5.74, 6) is -0.566. The number of ketones is 1. The molecule has 1 fully saturated rings. The van der Waals surface area contributed by atoms with Crippen molar-refractivity contribution in [2.24, 2.45) is 11.0 Å². The quantitative estimate of drug-likeness (QED) is 0.158. The van der Waals surface area contributed by atoms with E-state index in [2.05, 4.69) is 10.0 Å². The van der Waals surface area contributed by atoms with Crippen LogP contribution >= 0.6 is 0 Å². The molecule has 38 heavy (non-hydrogen) atoms. The number of hydrogen-bond acceptors (Lipinski definition) is 6. The first-order chi connectivity index (χ1) is 18.6. The number of nitrogens with zero attached hydrogens (tertiary/aromatic N) is 3. The fourth-order valence-electron chi connectivity index (χ4n) is 4.64. The average molecular weight is 516 g/mol. The first-order valence-electron chi connectivity index (χ1n) is 12.8. The minimum atomic E-state index is -0.897. The lowest BCUT2D eigenvalue weighted by Gasteiger charge is -2.45. The van der Waals surface area contributed by atoms with Crippen LogP contribution in [0.1, 0.15) is 30.0 Å². The van der Waals surface area contributed by atoms with E-state index < -0.39 is 30.5 Å². The van der Waals surface area contributed by atoms with E-state index in [4.69, 9.17) is 18.9 Å². The van der Waals surface area contributed by atoms with Gasteiger partial charge in [-0.15, -0.1) is 0 Å². The molecule has 0 N–H and O–H groups in total. The predicted molar refractivity (Wildman–Crippen MR) is 143 cm³/mol. The summed E-state index contributed by atoms with van der Waals surface area (Å²) in [4.78, 5) is 15.3. The van der Waals surface area contributed by atoms with E-state index in [1.54, 1.807) is 0 Å². The molecule has 1 heterocycles. The van der Waals surface area contributed by atoms with Gasteiger partial charge in [0.1, 0.15) is 24.2 Å². The molecule has 1 aliphatic heterocycles. The topological polar surface area (TPSA) is 103 Å². The van der Waals surface area contributed by atoms with E-state index in [0.29, 0.717) is 19.8 Å². The number of azide groups is 1. The lowest BCUT2D eigenvalue weighted by atomic mass is 9.86. The number of benzene rings is 3. The highest BCUT2D eigenvalue weighted by atomic mass is 16.6. The lowest BCUT2D eigenvalue weighted by Crippen LogP contribution is -2.57. The molecule has 0 spiro atoms. The summed E-state index contributed by atoms with van der Waals surface area (Å²) in [5, 5.41) is 3.91. The maximum absolute atomic E-state index is 12.3. The van der Waals surface area contributed by atoms with Crippen molar-refractivity contribution in [1.82, 2.24) is 0 Å². The number of carbonyl (C=O) groups excluding carboxylic acids is 1. The second kappa shape index (κ2) is 14.4. The summed E-state index contributed by atoms with van der Waals surface area (Å²) >= 11 is 0. The molecule has 0 aliphatic carbocycles. The number of rotatable bonds is 13. The van der Waals surface area contributed by atoms with E-state index in [1.807, 2.05) is 91.0 Å².